The summed E-state index contributed by atoms with van der Waals surface area (Å²) < 4.78 is 13.7. The Balaban J connectivity index is 0.000000181. The summed E-state index contributed by atoms with van der Waals surface area (Å²) in [6, 6.07) is 17.2. The Morgan fingerprint density at radius 3 is 1.72 bits per heavy atom. The van der Waals surface area contributed by atoms with Crippen molar-refractivity contribution in [2.75, 3.05) is 38.9 Å². The highest BCUT2D eigenvalue weighted by Gasteiger charge is 2.02. The van der Waals surface area contributed by atoms with Crippen LogP contribution in [0.2, 0.25) is 0 Å². The minimum absolute atomic E-state index is 0.208. The quantitative estimate of drug-likeness (QED) is 0.173. The summed E-state index contributed by atoms with van der Waals surface area (Å²) in [5, 5.41) is 15.6. The third-order valence-electron chi connectivity index (χ3n) is 5.07. The molecule has 32 heavy (non-hydrogen) atoms. The number of hydrogen-bond acceptors (Lipinski definition) is 5. The molecule has 1 N–H and O–H groups in total. The number of aliphatic hydroxyl groups excluding tert-OH is 1. The number of ether oxygens (including phenoxy) is 2. The number of thiophene rings is 2. The molecule has 2 aromatic heterocycles. The van der Waals surface area contributed by atoms with Crippen LogP contribution in [0.15, 0.2) is 59.3 Å². The summed E-state index contributed by atoms with van der Waals surface area (Å²) >= 11 is 9.15. The van der Waals surface area contributed by atoms with Crippen molar-refractivity contribution >= 4 is 54.4 Å². The van der Waals surface area contributed by atoms with Gasteiger partial charge in [0.1, 0.15) is 0 Å². The molecule has 0 aliphatic carbocycles. The monoisotopic (exact) mass is 490 g/mol. The van der Waals surface area contributed by atoms with E-state index in [2.05, 4.69) is 59.3 Å². The number of hydrogen-bond donors (Lipinski definition) is 1. The highest BCUT2D eigenvalue weighted by atomic mass is 35.5. The average Bonchev–Trinajstić information content (AvgIpc) is 3.49. The van der Waals surface area contributed by atoms with E-state index in [1.807, 2.05) is 0 Å². The van der Waals surface area contributed by atoms with Crippen LogP contribution in [-0.2, 0) is 22.3 Å². The molecule has 0 unspecified atom stereocenters. The van der Waals surface area contributed by atoms with Crippen LogP contribution in [0.25, 0.3) is 20.2 Å². The van der Waals surface area contributed by atoms with Crippen molar-refractivity contribution < 1.29 is 14.6 Å². The number of alkyl halides is 1. The summed E-state index contributed by atoms with van der Waals surface area (Å²) in [6.45, 7) is 3.14. The van der Waals surface area contributed by atoms with Gasteiger partial charge in [-0.05, 0) is 82.6 Å². The minimum atomic E-state index is 0.208. The van der Waals surface area contributed by atoms with Crippen LogP contribution in [-0.4, -0.2) is 44.0 Å². The minimum Gasteiger partial charge on any atom is -0.396 e. The van der Waals surface area contributed by atoms with Crippen LogP contribution in [0.3, 0.4) is 0 Å². The lowest BCUT2D eigenvalue weighted by Crippen LogP contribution is -2.01. The van der Waals surface area contributed by atoms with E-state index in [9.17, 15) is 0 Å². The Kier molecular flexibility index (Phi) is 11.5. The first kappa shape index (κ1) is 25.2. The molecule has 2 heterocycles. The molecule has 0 bridgehead atoms. The highest BCUT2D eigenvalue weighted by Crippen LogP contribution is 2.25. The lowest BCUT2D eigenvalue weighted by atomic mass is 10.1. The molecule has 0 saturated carbocycles. The molecule has 0 fully saturated rings. The van der Waals surface area contributed by atoms with E-state index in [0.29, 0.717) is 12.5 Å². The van der Waals surface area contributed by atoms with Gasteiger partial charge in [0.25, 0.3) is 0 Å². The molecule has 3 nitrogen and oxygen atoms in total. The van der Waals surface area contributed by atoms with Gasteiger partial charge in [-0.3, -0.25) is 0 Å². The molecule has 0 aliphatic heterocycles. The van der Waals surface area contributed by atoms with Gasteiger partial charge in [-0.15, -0.1) is 34.3 Å². The number of aliphatic hydroxyl groups is 1. The smallest absolute Gasteiger partial charge is 0.0506 e. The predicted octanol–water partition coefficient (Wildman–Crippen LogP) is 6.93. The predicted molar refractivity (Wildman–Crippen MR) is 140 cm³/mol. The molecular weight excluding hydrogens is 460 g/mol. The molecule has 0 spiro atoms. The van der Waals surface area contributed by atoms with Gasteiger partial charge in [0, 0.05) is 35.1 Å². The molecular formula is C26H31ClO3S2. The van der Waals surface area contributed by atoms with Crippen molar-refractivity contribution in [1.29, 1.82) is 0 Å². The van der Waals surface area contributed by atoms with E-state index >= 15 is 0 Å². The van der Waals surface area contributed by atoms with Gasteiger partial charge < -0.3 is 14.6 Å². The fraction of sp³-hybridized carbons (Fsp3) is 0.385. The molecule has 4 rings (SSSR count). The third-order valence-corrected chi connectivity index (χ3v) is 7.10. The fourth-order valence-electron chi connectivity index (χ4n) is 3.44. The molecule has 2 aromatic carbocycles. The summed E-state index contributed by atoms with van der Waals surface area (Å²) in [7, 11) is 0. The standard InChI is InChI=1S/C13H15ClOS.C13H16O2S/c2*14-7-2-8-15-9-5-11-3-1-4-13-12(11)6-10-16-13/h1,3-4,6,10H,2,5,7-9H2;1,3-4,6,10,14H,2,5,7-9H2. The largest absolute Gasteiger partial charge is 0.396 e. The Hall–Kier alpha value is -1.47. The summed E-state index contributed by atoms with van der Waals surface area (Å²) in [5.41, 5.74) is 2.73. The van der Waals surface area contributed by atoms with E-state index in [-0.39, 0.29) is 6.61 Å². The Labute approximate surface area is 203 Å². The van der Waals surface area contributed by atoms with E-state index in [4.69, 9.17) is 26.2 Å². The number of benzene rings is 2. The molecule has 0 atom stereocenters. The van der Waals surface area contributed by atoms with E-state index < -0.39 is 0 Å². The van der Waals surface area contributed by atoms with Gasteiger partial charge in [-0.1, -0.05) is 24.3 Å². The first-order valence-electron chi connectivity index (χ1n) is 11.1. The number of halogens is 1. The molecule has 0 amide bonds. The van der Waals surface area contributed by atoms with Gasteiger partial charge in [-0.25, -0.2) is 0 Å². The lowest BCUT2D eigenvalue weighted by Gasteiger charge is -2.04. The molecule has 0 saturated heterocycles. The van der Waals surface area contributed by atoms with Gasteiger partial charge in [0.05, 0.1) is 13.2 Å². The maximum absolute atomic E-state index is 8.62. The second-order valence-corrected chi connectivity index (χ2v) is 9.62. The van der Waals surface area contributed by atoms with E-state index in [1.165, 1.54) is 31.3 Å². The fourth-order valence-corrected chi connectivity index (χ4v) is 5.22. The lowest BCUT2D eigenvalue weighted by molar-refractivity contribution is 0.118. The zero-order valence-corrected chi connectivity index (χ0v) is 20.7. The van der Waals surface area contributed by atoms with Crippen LogP contribution < -0.4 is 0 Å². The van der Waals surface area contributed by atoms with Gasteiger partial charge >= 0.3 is 0 Å². The second-order valence-electron chi connectivity index (χ2n) is 7.34. The normalized spacial score (nSPS) is 11.1. The summed E-state index contributed by atoms with van der Waals surface area (Å²) in [4.78, 5) is 0. The van der Waals surface area contributed by atoms with Crippen molar-refractivity contribution in [3.05, 3.63) is 70.4 Å². The van der Waals surface area contributed by atoms with E-state index in [0.717, 1.165) is 45.5 Å². The van der Waals surface area contributed by atoms with Crippen molar-refractivity contribution in [2.24, 2.45) is 0 Å². The van der Waals surface area contributed by atoms with Crippen molar-refractivity contribution in [2.45, 2.75) is 25.7 Å². The zero-order chi connectivity index (χ0) is 22.4. The summed E-state index contributed by atoms with van der Waals surface area (Å²) in [6.07, 6.45) is 3.59. The van der Waals surface area contributed by atoms with Crippen LogP contribution in [0.1, 0.15) is 24.0 Å². The first-order valence-corrected chi connectivity index (χ1v) is 13.4. The van der Waals surface area contributed by atoms with Crippen LogP contribution in [0.5, 0.6) is 0 Å². The van der Waals surface area contributed by atoms with Crippen molar-refractivity contribution in [1.82, 2.24) is 0 Å². The van der Waals surface area contributed by atoms with E-state index in [1.54, 1.807) is 22.7 Å². The molecule has 4 aromatic rings. The number of rotatable bonds is 12. The van der Waals surface area contributed by atoms with Gasteiger partial charge in [0.2, 0.25) is 0 Å². The van der Waals surface area contributed by atoms with Crippen LogP contribution >= 0.6 is 34.3 Å². The highest BCUT2D eigenvalue weighted by molar-refractivity contribution is 7.17. The Bertz CT molecular complexity index is 960. The maximum atomic E-state index is 8.62. The Morgan fingerprint density at radius 2 is 1.22 bits per heavy atom. The second kappa shape index (κ2) is 14.6. The summed E-state index contributed by atoms with van der Waals surface area (Å²) in [5.74, 6) is 0.681. The molecule has 6 heteroatoms. The molecule has 172 valence electrons. The first-order chi connectivity index (χ1) is 15.8. The van der Waals surface area contributed by atoms with Gasteiger partial charge in [0.15, 0.2) is 0 Å². The third kappa shape index (κ3) is 7.84. The maximum Gasteiger partial charge on any atom is 0.0506 e. The number of fused-ring (bicyclic) bond motifs is 2. The van der Waals surface area contributed by atoms with Crippen molar-refractivity contribution in [3.8, 4) is 0 Å². The van der Waals surface area contributed by atoms with Crippen molar-refractivity contribution in [3.63, 3.8) is 0 Å². The van der Waals surface area contributed by atoms with Crippen LogP contribution in [0, 0.1) is 0 Å². The topological polar surface area (TPSA) is 38.7 Å². The molecule has 0 aliphatic rings. The zero-order valence-electron chi connectivity index (χ0n) is 18.3. The average molecular weight is 491 g/mol. The molecule has 0 radical (unpaired) electrons. The van der Waals surface area contributed by atoms with Crippen LogP contribution in [0.4, 0.5) is 0 Å². The Morgan fingerprint density at radius 1 is 0.688 bits per heavy atom. The SMILES string of the molecule is ClCCCOCCc1cccc2sccc12.OCCCOCCc1cccc2sccc12. The van der Waals surface area contributed by atoms with Gasteiger partial charge in [-0.2, -0.15) is 0 Å².